The lowest BCUT2D eigenvalue weighted by Gasteiger charge is -2.34. The number of ether oxygens (including phenoxy) is 2. The molecule has 3 aromatic carbocycles. The summed E-state index contributed by atoms with van der Waals surface area (Å²) in [6, 6.07) is 15.8. The third kappa shape index (κ3) is 4.85. The van der Waals surface area contributed by atoms with E-state index < -0.39 is 5.60 Å². The number of hydrogen-bond donors (Lipinski definition) is 1. The van der Waals surface area contributed by atoms with Gasteiger partial charge in [-0.3, -0.25) is 0 Å². The van der Waals surface area contributed by atoms with Crippen LogP contribution in [-0.4, -0.2) is 17.3 Å². The molecule has 0 saturated carbocycles. The lowest BCUT2D eigenvalue weighted by atomic mass is 9.88. The van der Waals surface area contributed by atoms with Crippen LogP contribution in [0.4, 0.5) is 0 Å². The highest BCUT2D eigenvalue weighted by atomic mass is 32.1. The van der Waals surface area contributed by atoms with Crippen molar-refractivity contribution in [1.29, 1.82) is 0 Å². The maximum atomic E-state index is 9.10. The van der Waals surface area contributed by atoms with E-state index in [1.54, 1.807) is 29.5 Å². The van der Waals surface area contributed by atoms with Crippen LogP contribution in [0.3, 0.4) is 0 Å². The van der Waals surface area contributed by atoms with Gasteiger partial charge >= 0.3 is 0 Å². The van der Waals surface area contributed by atoms with E-state index in [9.17, 15) is 0 Å². The van der Waals surface area contributed by atoms with Crippen LogP contribution < -0.4 is 9.47 Å². The zero-order chi connectivity index (χ0) is 25.3. The Kier molecular flexibility index (Phi) is 6.51. The third-order valence-corrected chi connectivity index (χ3v) is 7.83. The molecule has 0 fully saturated rings. The minimum absolute atomic E-state index is 0.277. The van der Waals surface area contributed by atoms with E-state index in [4.69, 9.17) is 14.6 Å². The Hall–Kier alpha value is -3.68. The quantitative estimate of drug-likeness (QED) is 0.254. The first-order valence-electron chi connectivity index (χ1n) is 12.2. The van der Waals surface area contributed by atoms with Crippen LogP contribution in [0.1, 0.15) is 46.7 Å². The van der Waals surface area contributed by atoms with Gasteiger partial charge in [-0.25, -0.2) is 0 Å². The van der Waals surface area contributed by atoms with Gasteiger partial charge in [-0.05, 0) is 86.7 Å². The second-order valence-corrected chi connectivity index (χ2v) is 10.5. The summed E-state index contributed by atoms with van der Waals surface area (Å²) < 4.78 is 13.0. The zero-order valence-corrected chi connectivity index (χ0v) is 22.0. The average molecular weight is 495 g/mol. The first kappa shape index (κ1) is 24.0. The molecule has 0 aliphatic carbocycles. The predicted molar refractivity (Wildman–Crippen MR) is 149 cm³/mol. The van der Waals surface area contributed by atoms with Crippen molar-refractivity contribution < 1.29 is 14.6 Å². The second-order valence-electron chi connectivity index (χ2n) is 9.61. The molecule has 3 heterocycles. The van der Waals surface area contributed by atoms with Crippen LogP contribution in [0.15, 0.2) is 60.0 Å². The van der Waals surface area contributed by atoms with Gasteiger partial charge in [-0.15, -0.1) is 11.3 Å². The monoisotopic (exact) mass is 494 g/mol. The van der Waals surface area contributed by atoms with Crippen molar-refractivity contribution in [3.8, 4) is 29.1 Å². The van der Waals surface area contributed by atoms with Crippen LogP contribution in [0.5, 0.6) is 17.2 Å². The Labute approximate surface area is 217 Å². The zero-order valence-electron chi connectivity index (χ0n) is 21.1. The van der Waals surface area contributed by atoms with Gasteiger partial charge in [0.1, 0.15) is 23.9 Å². The number of aryl methyl sites for hydroxylation is 2. The number of rotatable bonds is 0. The largest absolute Gasteiger partial charge is 0.508 e. The van der Waals surface area contributed by atoms with Gasteiger partial charge in [0.05, 0.1) is 0 Å². The first-order chi connectivity index (χ1) is 17.3. The van der Waals surface area contributed by atoms with E-state index >= 15 is 0 Å². The van der Waals surface area contributed by atoms with Crippen LogP contribution in [0.25, 0.3) is 16.2 Å². The van der Waals surface area contributed by atoms with Crippen LogP contribution >= 0.6 is 11.3 Å². The van der Waals surface area contributed by atoms with Gasteiger partial charge in [0, 0.05) is 33.0 Å². The molecule has 0 saturated heterocycles. The molecular formula is C32H30O3S. The fourth-order valence-electron chi connectivity index (χ4n) is 4.67. The number of benzene rings is 3. The standard InChI is InChI=1S/C23H22OS.C9H8O2/c1-15-13-16(2)19-10-12-23(4,24-22(19)17(15)3)11-9-18-14-25-21-8-6-5-7-20(18)21;10-8-3-4-9-7(6-8)2-1-5-11-9/h5-8,13-14H,10,12H2,1-4H3;1-4,6,10H,5H2. The summed E-state index contributed by atoms with van der Waals surface area (Å²) in [7, 11) is 0. The molecule has 0 bridgehead atoms. The van der Waals surface area contributed by atoms with Crippen molar-refractivity contribution in [1.82, 2.24) is 0 Å². The molecule has 1 unspecified atom stereocenters. The van der Waals surface area contributed by atoms with E-state index in [2.05, 4.69) is 75.2 Å². The van der Waals surface area contributed by atoms with Gasteiger partial charge in [-0.2, -0.15) is 0 Å². The summed E-state index contributed by atoms with van der Waals surface area (Å²) in [5, 5.41) is 12.5. The van der Waals surface area contributed by atoms with Crippen molar-refractivity contribution in [2.24, 2.45) is 0 Å². The fraction of sp³-hybridized carbons (Fsp3) is 0.250. The third-order valence-electron chi connectivity index (χ3n) is 6.86. The number of thiophene rings is 1. The Morgan fingerprint density at radius 2 is 1.86 bits per heavy atom. The van der Waals surface area contributed by atoms with Crippen molar-refractivity contribution in [2.45, 2.75) is 46.1 Å². The Morgan fingerprint density at radius 3 is 2.72 bits per heavy atom. The van der Waals surface area contributed by atoms with Gasteiger partial charge in [0.2, 0.25) is 0 Å². The lowest BCUT2D eigenvalue weighted by Crippen LogP contribution is -2.35. The first-order valence-corrected chi connectivity index (χ1v) is 13.1. The molecule has 4 aromatic rings. The smallest absolute Gasteiger partial charge is 0.167 e. The molecule has 0 spiro atoms. The number of fused-ring (bicyclic) bond motifs is 3. The molecule has 1 N–H and O–H groups in total. The van der Waals surface area contributed by atoms with Crippen LogP contribution in [0, 0.1) is 32.6 Å². The maximum absolute atomic E-state index is 9.10. The normalized spacial score (nSPS) is 17.4. The summed E-state index contributed by atoms with van der Waals surface area (Å²) in [5.41, 5.74) is 6.83. The Bertz CT molecular complexity index is 1530. The highest BCUT2D eigenvalue weighted by Gasteiger charge is 2.32. The van der Waals surface area contributed by atoms with Gasteiger partial charge < -0.3 is 14.6 Å². The van der Waals surface area contributed by atoms with E-state index in [1.807, 2.05) is 12.2 Å². The number of aromatic hydroxyl groups is 1. The molecular weight excluding hydrogens is 464 g/mol. The van der Waals surface area contributed by atoms with Crippen molar-refractivity contribution in [3.63, 3.8) is 0 Å². The van der Waals surface area contributed by atoms with Gasteiger partial charge in [0.15, 0.2) is 5.60 Å². The number of phenolic OH excluding ortho intramolecular Hbond substituents is 1. The van der Waals surface area contributed by atoms with E-state index in [1.165, 1.54) is 32.3 Å². The van der Waals surface area contributed by atoms with Gasteiger partial charge in [0.25, 0.3) is 0 Å². The van der Waals surface area contributed by atoms with E-state index in [-0.39, 0.29) is 5.75 Å². The highest BCUT2D eigenvalue weighted by Crippen LogP contribution is 2.39. The minimum atomic E-state index is -0.430. The molecule has 1 aromatic heterocycles. The molecule has 2 aliphatic heterocycles. The molecule has 2 aliphatic rings. The van der Waals surface area contributed by atoms with Gasteiger partial charge in [-0.1, -0.05) is 42.2 Å². The number of phenols is 1. The van der Waals surface area contributed by atoms with Crippen LogP contribution in [-0.2, 0) is 6.42 Å². The highest BCUT2D eigenvalue weighted by molar-refractivity contribution is 7.17. The average Bonchev–Trinajstić information content (AvgIpc) is 3.30. The Morgan fingerprint density at radius 1 is 1.03 bits per heavy atom. The summed E-state index contributed by atoms with van der Waals surface area (Å²) in [6.07, 6.45) is 5.82. The Balaban J connectivity index is 0.000000202. The summed E-state index contributed by atoms with van der Waals surface area (Å²) in [4.78, 5) is 0. The molecule has 1 atom stereocenters. The minimum Gasteiger partial charge on any atom is -0.508 e. The predicted octanol–water partition coefficient (Wildman–Crippen LogP) is 7.76. The molecule has 3 nitrogen and oxygen atoms in total. The second kappa shape index (κ2) is 9.76. The molecule has 36 heavy (non-hydrogen) atoms. The maximum Gasteiger partial charge on any atom is 0.167 e. The molecule has 0 amide bonds. The van der Waals surface area contributed by atoms with Crippen molar-refractivity contribution >= 4 is 27.5 Å². The van der Waals surface area contributed by atoms with Crippen molar-refractivity contribution in [3.05, 3.63) is 93.4 Å². The molecule has 6 rings (SSSR count). The van der Waals surface area contributed by atoms with E-state index in [0.29, 0.717) is 6.61 Å². The molecule has 0 radical (unpaired) electrons. The summed E-state index contributed by atoms with van der Waals surface area (Å²) in [5.74, 6) is 8.99. The van der Waals surface area contributed by atoms with Crippen LogP contribution in [0.2, 0.25) is 0 Å². The van der Waals surface area contributed by atoms with Crippen molar-refractivity contribution in [2.75, 3.05) is 6.61 Å². The number of hydrogen-bond acceptors (Lipinski definition) is 4. The fourth-order valence-corrected chi connectivity index (χ4v) is 5.56. The summed E-state index contributed by atoms with van der Waals surface area (Å²) in [6.45, 7) is 9.23. The molecule has 182 valence electrons. The SMILES string of the molecule is Cc1cc(C)c2c(c1C)OC(C)(C#Cc1csc3ccccc13)CC2.Oc1ccc2c(c1)C=CCO2. The lowest BCUT2D eigenvalue weighted by molar-refractivity contribution is 0.123. The topological polar surface area (TPSA) is 38.7 Å². The molecule has 4 heteroatoms. The van der Waals surface area contributed by atoms with E-state index in [0.717, 1.165) is 35.5 Å². The summed E-state index contributed by atoms with van der Waals surface area (Å²) >= 11 is 1.75.